The van der Waals surface area contributed by atoms with E-state index in [4.69, 9.17) is 14.9 Å². The molecule has 0 saturated heterocycles. The molecule has 0 aliphatic heterocycles. The Bertz CT molecular complexity index is 607. The van der Waals surface area contributed by atoms with E-state index < -0.39 is 4.92 Å². The van der Waals surface area contributed by atoms with Crippen molar-refractivity contribution in [3.05, 3.63) is 40.4 Å². The Balaban J connectivity index is 2.42. The Morgan fingerprint density at radius 3 is 2.79 bits per heavy atom. The minimum atomic E-state index is -0.504. The number of benzene rings is 1. The zero-order chi connectivity index (χ0) is 14.0. The number of nitro benzene ring substituents is 1. The molecule has 0 radical (unpaired) electrons. The van der Waals surface area contributed by atoms with Gasteiger partial charge in [-0.2, -0.15) is 0 Å². The molecule has 0 saturated carbocycles. The normalized spacial score (nSPS) is 12.2. The van der Waals surface area contributed by atoms with Crippen molar-refractivity contribution in [2.75, 3.05) is 7.11 Å². The van der Waals surface area contributed by atoms with Crippen molar-refractivity contribution in [2.45, 2.75) is 13.0 Å². The number of hydrogen-bond donors (Lipinski definition) is 1. The highest BCUT2D eigenvalue weighted by Crippen LogP contribution is 2.32. The van der Waals surface area contributed by atoms with Crippen molar-refractivity contribution in [1.29, 1.82) is 0 Å². The molecule has 1 unspecified atom stereocenters. The third-order valence-electron chi connectivity index (χ3n) is 2.57. The van der Waals surface area contributed by atoms with E-state index >= 15 is 0 Å². The largest absolute Gasteiger partial charge is 0.490 e. The average Bonchev–Trinajstić information content (AvgIpc) is 2.87. The lowest BCUT2D eigenvalue weighted by atomic mass is 10.1. The summed E-state index contributed by atoms with van der Waals surface area (Å²) in [6.07, 6.45) is 1.53. The van der Waals surface area contributed by atoms with Crippen LogP contribution in [-0.2, 0) is 0 Å². The number of oxazole rings is 1. The second-order valence-corrected chi connectivity index (χ2v) is 4.00. The molecule has 1 atom stereocenters. The first-order valence-corrected chi connectivity index (χ1v) is 5.57. The van der Waals surface area contributed by atoms with Gasteiger partial charge in [0.15, 0.2) is 11.5 Å². The number of nitrogens with two attached hydrogens (primary N) is 1. The highest BCUT2D eigenvalue weighted by Gasteiger charge is 2.17. The van der Waals surface area contributed by atoms with Gasteiger partial charge >= 0.3 is 5.69 Å². The monoisotopic (exact) mass is 263 g/mol. The molecule has 19 heavy (non-hydrogen) atoms. The highest BCUT2D eigenvalue weighted by atomic mass is 16.6. The summed E-state index contributed by atoms with van der Waals surface area (Å²) in [4.78, 5) is 14.3. The summed E-state index contributed by atoms with van der Waals surface area (Å²) in [5.41, 5.74) is 6.20. The van der Waals surface area contributed by atoms with Crippen LogP contribution in [0.25, 0.3) is 11.3 Å². The van der Waals surface area contributed by atoms with Crippen molar-refractivity contribution in [3.8, 4) is 17.1 Å². The van der Waals surface area contributed by atoms with Gasteiger partial charge in [-0.1, -0.05) is 0 Å². The molecular formula is C12H13N3O4. The van der Waals surface area contributed by atoms with E-state index in [1.165, 1.54) is 25.4 Å². The molecule has 0 amide bonds. The van der Waals surface area contributed by atoms with Crippen molar-refractivity contribution < 1.29 is 14.1 Å². The molecule has 1 heterocycles. The summed E-state index contributed by atoms with van der Waals surface area (Å²) in [5, 5.41) is 10.8. The van der Waals surface area contributed by atoms with Gasteiger partial charge in [0.25, 0.3) is 0 Å². The van der Waals surface area contributed by atoms with E-state index in [0.29, 0.717) is 17.2 Å². The molecule has 100 valence electrons. The van der Waals surface area contributed by atoms with Crippen LogP contribution in [-0.4, -0.2) is 17.0 Å². The fourth-order valence-corrected chi connectivity index (χ4v) is 1.61. The van der Waals surface area contributed by atoms with E-state index in [9.17, 15) is 10.1 Å². The standard InChI is InChI=1S/C12H13N3O4/c1-7(13)12-14-6-11(19-12)8-3-4-9(15(16)17)10(5-8)18-2/h3-7H,13H2,1-2H3. The van der Waals surface area contributed by atoms with Crippen LogP contribution in [0.2, 0.25) is 0 Å². The Morgan fingerprint density at radius 1 is 1.53 bits per heavy atom. The van der Waals surface area contributed by atoms with E-state index in [-0.39, 0.29) is 17.5 Å². The van der Waals surface area contributed by atoms with Gasteiger partial charge in [0.05, 0.1) is 24.3 Å². The number of nitro groups is 1. The van der Waals surface area contributed by atoms with Crippen LogP contribution in [0.3, 0.4) is 0 Å². The SMILES string of the molecule is COc1cc(-c2cnc(C(C)N)o2)ccc1[N+](=O)[O-]. The Labute approximate surface area is 109 Å². The molecule has 1 aromatic heterocycles. The van der Waals surface area contributed by atoms with Gasteiger partial charge in [-0.15, -0.1) is 0 Å². The number of nitrogens with zero attached hydrogens (tertiary/aromatic N) is 2. The quantitative estimate of drug-likeness (QED) is 0.670. The van der Waals surface area contributed by atoms with Crippen LogP contribution in [0.1, 0.15) is 18.9 Å². The molecule has 0 fully saturated rings. The van der Waals surface area contributed by atoms with Crippen molar-refractivity contribution in [1.82, 2.24) is 4.98 Å². The van der Waals surface area contributed by atoms with Crippen LogP contribution >= 0.6 is 0 Å². The van der Waals surface area contributed by atoms with Crippen molar-refractivity contribution in [2.24, 2.45) is 5.73 Å². The minimum absolute atomic E-state index is 0.0989. The molecule has 2 aromatic rings. The van der Waals surface area contributed by atoms with Crippen LogP contribution in [0.4, 0.5) is 5.69 Å². The second kappa shape index (κ2) is 5.07. The first-order valence-electron chi connectivity index (χ1n) is 5.57. The van der Waals surface area contributed by atoms with E-state index in [2.05, 4.69) is 4.98 Å². The fraction of sp³-hybridized carbons (Fsp3) is 0.250. The third-order valence-corrected chi connectivity index (χ3v) is 2.57. The van der Waals surface area contributed by atoms with Gasteiger partial charge in [-0.05, 0) is 19.1 Å². The lowest BCUT2D eigenvalue weighted by Crippen LogP contribution is -2.04. The zero-order valence-electron chi connectivity index (χ0n) is 10.5. The van der Waals surface area contributed by atoms with Gasteiger partial charge in [0, 0.05) is 11.6 Å². The maximum Gasteiger partial charge on any atom is 0.310 e. The molecule has 2 N–H and O–H groups in total. The molecule has 1 aromatic carbocycles. The molecule has 7 nitrogen and oxygen atoms in total. The van der Waals surface area contributed by atoms with Gasteiger partial charge < -0.3 is 14.9 Å². The first kappa shape index (κ1) is 13.0. The lowest BCUT2D eigenvalue weighted by molar-refractivity contribution is -0.385. The smallest absolute Gasteiger partial charge is 0.310 e. The summed E-state index contributed by atoms with van der Waals surface area (Å²) in [5.74, 6) is 1.06. The van der Waals surface area contributed by atoms with Crippen molar-refractivity contribution in [3.63, 3.8) is 0 Å². The van der Waals surface area contributed by atoms with Gasteiger partial charge in [0.1, 0.15) is 0 Å². The maximum atomic E-state index is 10.8. The molecular weight excluding hydrogens is 250 g/mol. The summed E-state index contributed by atoms with van der Waals surface area (Å²) >= 11 is 0. The summed E-state index contributed by atoms with van der Waals surface area (Å²) in [7, 11) is 1.37. The topological polar surface area (TPSA) is 104 Å². The minimum Gasteiger partial charge on any atom is -0.490 e. The number of ether oxygens (including phenoxy) is 1. The predicted molar refractivity (Wildman–Crippen MR) is 67.7 cm³/mol. The van der Waals surface area contributed by atoms with E-state index in [1.807, 2.05) is 0 Å². The van der Waals surface area contributed by atoms with Crippen LogP contribution in [0, 0.1) is 10.1 Å². The highest BCUT2D eigenvalue weighted by molar-refractivity contribution is 5.63. The van der Waals surface area contributed by atoms with Gasteiger partial charge in [-0.25, -0.2) is 4.98 Å². The van der Waals surface area contributed by atoms with Crippen molar-refractivity contribution >= 4 is 5.69 Å². The van der Waals surface area contributed by atoms with Gasteiger partial charge in [-0.3, -0.25) is 10.1 Å². The van der Waals surface area contributed by atoms with Crippen LogP contribution < -0.4 is 10.5 Å². The Kier molecular flexibility index (Phi) is 3.48. The summed E-state index contributed by atoms with van der Waals surface area (Å²) in [6, 6.07) is 4.16. The van der Waals surface area contributed by atoms with Crippen LogP contribution in [0.5, 0.6) is 5.75 Å². The second-order valence-electron chi connectivity index (χ2n) is 4.00. The average molecular weight is 263 g/mol. The summed E-state index contributed by atoms with van der Waals surface area (Å²) in [6.45, 7) is 1.76. The number of rotatable bonds is 4. The molecule has 0 spiro atoms. The molecule has 7 heteroatoms. The van der Waals surface area contributed by atoms with E-state index in [0.717, 1.165) is 0 Å². The number of methoxy groups -OCH3 is 1. The lowest BCUT2D eigenvalue weighted by Gasteiger charge is -2.03. The zero-order valence-corrected chi connectivity index (χ0v) is 10.5. The molecule has 0 bridgehead atoms. The number of aromatic nitrogens is 1. The van der Waals surface area contributed by atoms with Gasteiger partial charge in [0.2, 0.25) is 5.89 Å². The van der Waals surface area contributed by atoms with E-state index in [1.54, 1.807) is 13.0 Å². The predicted octanol–water partition coefficient (Wildman–Crippen LogP) is 2.28. The van der Waals surface area contributed by atoms with Crippen LogP contribution in [0.15, 0.2) is 28.8 Å². The number of hydrogen-bond acceptors (Lipinski definition) is 6. The summed E-state index contributed by atoms with van der Waals surface area (Å²) < 4.78 is 10.5. The third kappa shape index (κ3) is 2.55. The Morgan fingerprint density at radius 2 is 2.26 bits per heavy atom. The fourth-order valence-electron chi connectivity index (χ4n) is 1.61. The maximum absolute atomic E-state index is 10.8. The molecule has 2 rings (SSSR count). The first-order chi connectivity index (χ1) is 9.02. The molecule has 0 aliphatic carbocycles. The Hall–Kier alpha value is -2.41. The molecule has 0 aliphatic rings.